The summed E-state index contributed by atoms with van der Waals surface area (Å²) in [6.45, 7) is 8.27. The Labute approximate surface area is 76.3 Å². The zero-order valence-corrected chi connectivity index (χ0v) is 8.85. The van der Waals surface area contributed by atoms with Gasteiger partial charge in [0.15, 0.2) is 0 Å². The van der Waals surface area contributed by atoms with Crippen molar-refractivity contribution in [2.24, 2.45) is 11.3 Å². The van der Waals surface area contributed by atoms with Crippen LogP contribution in [0.3, 0.4) is 0 Å². The minimum absolute atomic E-state index is 0.633. The van der Waals surface area contributed by atoms with Crippen molar-refractivity contribution in [3.05, 3.63) is 0 Å². The van der Waals surface area contributed by atoms with Crippen LogP contribution in [-0.2, 0) is 0 Å². The van der Waals surface area contributed by atoms with Crippen LogP contribution in [0.25, 0.3) is 0 Å². The number of hydrogen-bond acceptors (Lipinski definition) is 2. The van der Waals surface area contributed by atoms with Crippen LogP contribution >= 0.6 is 0 Å². The molecule has 0 heterocycles. The first-order valence-corrected chi connectivity index (χ1v) is 4.89. The highest BCUT2D eigenvalue weighted by Gasteiger charge is 2.45. The average Bonchev–Trinajstić information content (AvgIpc) is 2.54. The molecule has 0 aromatic rings. The molecule has 1 aliphatic rings. The molecule has 12 heavy (non-hydrogen) atoms. The van der Waals surface area contributed by atoms with Gasteiger partial charge in [-0.2, -0.15) is 0 Å². The lowest BCUT2D eigenvalue weighted by molar-refractivity contribution is 0.304. The zero-order valence-electron chi connectivity index (χ0n) is 8.85. The molecular weight excluding hydrogens is 148 g/mol. The lowest BCUT2D eigenvalue weighted by atomic mass is 10.1. The Morgan fingerprint density at radius 2 is 2.08 bits per heavy atom. The van der Waals surface area contributed by atoms with E-state index >= 15 is 0 Å². The second kappa shape index (κ2) is 3.75. The van der Waals surface area contributed by atoms with E-state index in [1.54, 1.807) is 0 Å². The van der Waals surface area contributed by atoms with E-state index < -0.39 is 0 Å². The SMILES string of the molecule is CNCCN(C)CC1CC1(C)C. The van der Waals surface area contributed by atoms with Crippen molar-refractivity contribution < 1.29 is 0 Å². The van der Waals surface area contributed by atoms with Crippen LogP contribution in [-0.4, -0.2) is 38.6 Å². The Bertz CT molecular complexity index is 143. The first-order valence-electron chi connectivity index (χ1n) is 4.89. The van der Waals surface area contributed by atoms with Crippen molar-refractivity contribution in [1.29, 1.82) is 0 Å². The number of hydrogen-bond donors (Lipinski definition) is 1. The first-order chi connectivity index (χ1) is 5.56. The van der Waals surface area contributed by atoms with Gasteiger partial charge >= 0.3 is 0 Å². The molecule has 0 aromatic carbocycles. The maximum atomic E-state index is 3.17. The molecule has 1 atom stereocenters. The fourth-order valence-electron chi connectivity index (χ4n) is 1.66. The molecule has 1 fully saturated rings. The highest BCUT2D eigenvalue weighted by molar-refractivity contribution is 4.96. The molecule has 1 rings (SSSR count). The summed E-state index contributed by atoms with van der Waals surface area (Å²) in [5, 5.41) is 3.17. The summed E-state index contributed by atoms with van der Waals surface area (Å²) in [5.74, 6) is 0.944. The van der Waals surface area contributed by atoms with Crippen LogP contribution < -0.4 is 5.32 Å². The van der Waals surface area contributed by atoms with Gasteiger partial charge in [0.25, 0.3) is 0 Å². The van der Waals surface area contributed by atoms with Gasteiger partial charge in [0, 0.05) is 19.6 Å². The lowest BCUT2D eigenvalue weighted by Crippen LogP contribution is -2.29. The van der Waals surface area contributed by atoms with Gasteiger partial charge in [-0.3, -0.25) is 0 Å². The van der Waals surface area contributed by atoms with Crippen LogP contribution in [0, 0.1) is 11.3 Å². The van der Waals surface area contributed by atoms with E-state index in [0.29, 0.717) is 5.41 Å². The third-order valence-corrected chi connectivity index (χ3v) is 2.99. The lowest BCUT2D eigenvalue weighted by Gasteiger charge is -2.16. The minimum Gasteiger partial charge on any atom is -0.318 e. The molecule has 0 aliphatic heterocycles. The number of rotatable bonds is 5. The van der Waals surface area contributed by atoms with Crippen LogP contribution in [0.4, 0.5) is 0 Å². The van der Waals surface area contributed by atoms with Gasteiger partial charge in [-0.15, -0.1) is 0 Å². The van der Waals surface area contributed by atoms with Crippen LogP contribution in [0.15, 0.2) is 0 Å². The minimum atomic E-state index is 0.633. The van der Waals surface area contributed by atoms with E-state index in [4.69, 9.17) is 0 Å². The molecule has 1 aliphatic carbocycles. The van der Waals surface area contributed by atoms with Crippen LogP contribution in [0.5, 0.6) is 0 Å². The Kier molecular flexibility index (Phi) is 3.13. The monoisotopic (exact) mass is 170 g/mol. The molecule has 0 radical (unpaired) electrons. The van der Waals surface area contributed by atoms with Crippen LogP contribution in [0.2, 0.25) is 0 Å². The van der Waals surface area contributed by atoms with E-state index in [0.717, 1.165) is 12.5 Å². The Hall–Kier alpha value is -0.0800. The summed E-state index contributed by atoms with van der Waals surface area (Å²) in [7, 11) is 4.22. The maximum Gasteiger partial charge on any atom is 0.0104 e. The molecule has 0 amide bonds. The molecule has 1 saturated carbocycles. The van der Waals surface area contributed by atoms with Crippen molar-refractivity contribution in [1.82, 2.24) is 10.2 Å². The quantitative estimate of drug-likeness (QED) is 0.666. The van der Waals surface area contributed by atoms with Crippen molar-refractivity contribution in [3.63, 3.8) is 0 Å². The van der Waals surface area contributed by atoms with Gasteiger partial charge in [-0.1, -0.05) is 13.8 Å². The zero-order chi connectivity index (χ0) is 9.19. The molecular formula is C10H22N2. The van der Waals surface area contributed by atoms with Gasteiger partial charge in [-0.25, -0.2) is 0 Å². The second-order valence-corrected chi connectivity index (χ2v) is 4.76. The fraction of sp³-hybridized carbons (Fsp3) is 1.00. The molecule has 0 aromatic heterocycles. The van der Waals surface area contributed by atoms with E-state index in [1.807, 2.05) is 7.05 Å². The third kappa shape index (κ3) is 2.76. The van der Waals surface area contributed by atoms with Crippen LogP contribution in [0.1, 0.15) is 20.3 Å². The van der Waals surface area contributed by atoms with Crippen molar-refractivity contribution in [2.75, 3.05) is 33.7 Å². The van der Waals surface area contributed by atoms with Gasteiger partial charge in [0.1, 0.15) is 0 Å². The topological polar surface area (TPSA) is 15.3 Å². The highest BCUT2D eigenvalue weighted by Crippen LogP contribution is 2.51. The van der Waals surface area contributed by atoms with E-state index in [2.05, 4.69) is 31.1 Å². The van der Waals surface area contributed by atoms with Gasteiger partial charge in [-0.05, 0) is 31.8 Å². The van der Waals surface area contributed by atoms with Gasteiger partial charge in [0.2, 0.25) is 0 Å². The second-order valence-electron chi connectivity index (χ2n) is 4.76. The molecule has 0 spiro atoms. The summed E-state index contributed by atoms with van der Waals surface area (Å²) in [5.41, 5.74) is 0.633. The molecule has 1 unspecified atom stereocenters. The Morgan fingerprint density at radius 3 is 2.50 bits per heavy atom. The van der Waals surface area contributed by atoms with Gasteiger partial charge in [0.05, 0.1) is 0 Å². The third-order valence-electron chi connectivity index (χ3n) is 2.99. The summed E-state index contributed by atoms with van der Waals surface area (Å²) in [4.78, 5) is 2.43. The number of nitrogens with zero attached hydrogens (tertiary/aromatic N) is 1. The largest absolute Gasteiger partial charge is 0.318 e. The molecule has 1 N–H and O–H groups in total. The first kappa shape index (κ1) is 10.0. The molecule has 72 valence electrons. The number of nitrogens with one attached hydrogen (secondary N) is 1. The molecule has 0 saturated heterocycles. The summed E-state index contributed by atoms with van der Waals surface area (Å²) < 4.78 is 0. The summed E-state index contributed by atoms with van der Waals surface area (Å²) in [6.07, 6.45) is 1.41. The van der Waals surface area contributed by atoms with Crippen molar-refractivity contribution in [3.8, 4) is 0 Å². The summed E-state index contributed by atoms with van der Waals surface area (Å²) >= 11 is 0. The van der Waals surface area contributed by atoms with E-state index in [-0.39, 0.29) is 0 Å². The smallest absolute Gasteiger partial charge is 0.0104 e. The van der Waals surface area contributed by atoms with E-state index in [9.17, 15) is 0 Å². The predicted octanol–water partition coefficient (Wildman–Crippen LogP) is 1.18. The van der Waals surface area contributed by atoms with Gasteiger partial charge < -0.3 is 10.2 Å². The van der Waals surface area contributed by atoms with Crippen molar-refractivity contribution in [2.45, 2.75) is 20.3 Å². The Morgan fingerprint density at radius 1 is 1.50 bits per heavy atom. The standard InChI is InChI=1S/C10H22N2/c1-10(2)7-9(10)8-12(4)6-5-11-3/h9,11H,5-8H2,1-4H3. The van der Waals surface area contributed by atoms with E-state index in [1.165, 1.54) is 19.5 Å². The Balaban J connectivity index is 2.07. The molecule has 2 heteroatoms. The highest BCUT2D eigenvalue weighted by atomic mass is 15.1. The summed E-state index contributed by atoms with van der Waals surface area (Å²) in [6, 6.07) is 0. The normalized spacial score (nSPS) is 26.2. The number of likely N-dealkylation sites (N-methyl/N-ethyl adjacent to an activating group) is 2. The predicted molar refractivity (Wildman–Crippen MR) is 53.3 cm³/mol. The maximum absolute atomic E-state index is 3.17. The van der Waals surface area contributed by atoms with Crippen molar-refractivity contribution >= 4 is 0 Å². The average molecular weight is 170 g/mol. The molecule has 0 bridgehead atoms. The fourth-order valence-corrected chi connectivity index (χ4v) is 1.66. The molecule has 2 nitrogen and oxygen atoms in total.